The maximum atomic E-state index is 14.6. The SMILES string of the molecule is CC(C)(C)OC(=O)N[C@@H]1CCCN(C(=O)CC2Cc3ncnc(Nc4ccc(S(C)(=O)=O)cc4F)c3CN2)C1. The van der Waals surface area contributed by atoms with Crippen molar-refractivity contribution in [3.8, 4) is 0 Å². The van der Waals surface area contributed by atoms with Crippen molar-refractivity contribution in [3.05, 3.63) is 41.6 Å². The lowest BCUT2D eigenvalue weighted by atomic mass is 9.97. The zero-order valence-electron chi connectivity index (χ0n) is 22.6. The molecule has 3 heterocycles. The number of halogens is 1. The number of amides is 2. The summed E-state index contributed by atoms with van der Waals surface area (Å²) in [6.45, 7) is 6.86. The van der Waals surface area contributed by atoms with E-state index >= 15 is 0 Å². The third-order valence-electron chi connectivity index (χ3n) is 6.58. The van der Waals surface area contributed by atoms with Crippen molar-refractivity contribution in [1.29, 1.82) is 0 Å². The number of nitrogens with one attached hydrogen (secondary N) is 3. The van der Waals surface area contributed by atoms with Crippen molar-refractivity contribution in [2.45, 2.75) is 75.6 Å². The smallest absolute Gasteiger partial charge is 0.407 e. The number of hydrogen-bond donors (Lipinski definition) is 3. The van der Waals surface area contributed by atoms with Crippen molar-refractivity contribution < 1.29 is 27.1 Å². The van der Waals surface area contributed by atoms with Crippen LogP contribution < -0.4 is 16.0 Å². The molecule has 0 spiro atoms. The summed E-state index contributed by atoms with van der Waals surface area (Å²) in [5.41, 5.74) is 1.01. The second kappa shape index (κ2) is 11.4. The fourth-order valence-corrected chi connectivity index (χ4v) is 5.34. The Bertz CT molecular complexity index is 1350. The van der Waals surface area contributed by atoms with Gasteiger partial charge in [-0.15, -0.1) is 0 Å². The molecule has 2 aromatic rings. The molecule has 3 N–H and O–H groups in total. The summed E-state index contributed by atoms with van der Waals surface area (Å²) >= 11 is 0. The lowest BCUT2D eigenvalue weighted by Gasteiger charge is -2.35. The predicted molar refractivity (Wildman–Crippen MR) is 143 cm³/mol. The van der Waals surface area contributed by atoms with Crippen molar-refractivity contribution in [1.82, 2.24) is 25.5 Å². The zero-order chi connectivity index (χ0) is 28.4. The minimum absolute atomic E-state index is 0.00733. The number of carbonyl (C=O) groups is 2. The van der Waals surface area contributed by atoms with E-state index in [0.29, 0.717) is 31.9 Å². The van der Waals surface area contributed by atoms with Crippen molar-refractivity contribution in [2.75, 3.05) is 24.7 Å². The Hall–Kier alpha value is -3.32. The summed E-state index contributed by atoms with van der Waals surface area (Å²) in [5, 5.41) is 9.16. The lowest BCUT2D eigenvalue weighted by molar-refractivity contribution is -0.133. The van der Waals surface area contributed by atoms with E-state index < -0.39 is 27.3 Å². The number of nitrogens with zero attached hydrogens (tertiary/aromatic N) is 3. The second-order valence-corrected chi connectivity index (χ2v) is 13.0. The number of ether oxygens (including phenoxy) is 1. The van der Waals surface area contributed by atoms with Gasteiger partial charge < -0.3 is 25.6 Å². The summed E-state index contributed by atoms with van der Waals surface area (Å²) in [4.78, 5) is 35.5. The summed E-state index contributed by atoms with van der Waals surface area (Å²) in [5.74, 6) is -0.305. The Morgan fingerprint density at radius 3 is 2.72 bits per heavy atom. The first-order chi connectivity index (χ1) is 18.3. The molecule has 4 rings (SSSR count). The fourth-order valence-electron chi connectivity index (χ4n) is 4.71. The Balaban J connectivity index is 1.36. The predicted octanol–water partition coefficient (Wildman–Crippen LogP) is 2.68. The Labute approximate surface area is 227 Å². The van der Waals surface area contributed by atoms with Crippen LogP contribution in [0.25, 0.3) is 0 Å². The first-order valence-electron chi connectivity index (χ1n) is 12.9. The zero-order valence-corrected chi connectivity index (χ0v) is 23.4. The molecule has 1 aromatic heterocycles. The van der Waals surface area contributed by atoms with Gasteiger partial charge in [0.15, 0.2) is 9.84 Å². The van der Waals surface area contributed by atoms with Crippen LogP contribution in [-0.2, 0) is 32.3 Å². The van der Waals surface area contributed by atoms with Gasteiger partial charge in [0.1, 0.15) is 23.6 Å². The van der Waals surface area contributed by atoms with E-state index in [1.165, 1.54) is 18.5 Å². The molecule has 0 aliphatic carbocycles. The topological polar surface area (TPSA) is 143 Å². The number of carbonyl (C=O) groups excluding carboxylic acids is 2. The normalized spacial score (nSPS) is 19.7. The van der Waals surface area contributed by atoms with Crippen molar-refractivity contribution >= 4 is 33.3 Å². The van der Waals surface area contributed by atoms with Crippen LogP contribution in [0, 0.1) is 5.82 Å². The molecule has 13 heteroatoms. The van der Waals surface area contributed by atoms with E-state index in [1.54, 1.807) is 25.7 Å². The Morgan fingerprint density at radius 1 is 1.26 bits per heavy atom. The molecule has 2 atom stereocenters. The van der Waals surface area contributed by atoms with Crippen molar-refractivity contribution in [2.24, 2.45) is 0 Å². The quantitative estimate of drug-likeness (QED) is 0.484. The van der Waals surface area contributed by atoms with Crippen molar-refractivity contribution in [3.63, 3.8) is 0 Å². The van der Waals surface area contributed by atoms with Gasteiger partial charge in [-0.1, -0.05) is 0 Å². The highest BCUT2D eigenvalue weighted by atomic mass is 32.2. The van der Waals surface area contributed by atoms with E-state index in [1.807, 2.05) is 0 Å². The number of benzene rings is 1. The molecule has 0 bridgehead atoms. The average Bonchev–Trinajstić information content (AvgIpc) is 2.83. The van der Waals surface area contributed by atoms with E-state index in [-0.39, 0.29) is 35.0 Å². The molecule has 1 unspecified atom stereocenters. The van der Waals surface area contributed by atoms with Gasteiger partial charge in [-0.3, -0.25) is 4.79 Å². The molecule has 2 aliphatic rings. The van der Waals surface area contributed by atoms with Gasteiger partial charge in [0.25, 0.3) is 0 Å². The summed E-state index contributed by atoms with van der Waals surface area (Å²) in [6.07, 6.45) is 4.24. The molecule has 1 fully saturated rings. The number of hydrogen-bond acceptors (Lipinski definition) is 9. The van der Waals surface area contributed by atoms with Gasteiger partial charge >= 0.3 is 6.09 Å². The van der Waals surface area contributed by atoms with Crippen LogP contribution in [0.2, 0.25) is 0 Å². The van der Waals surface area contributed by atoms with E-state index in [2.05, 4.69) is 25.9 Å². The van der Waals surface area contributed by atoms with E-state index in [0.717, 1.165) is 36.4 Å². The Morgan fingerprint density at radius 2 is 2.03 bits per heavy atom. The fraction of sp³-hybridized carbons (Fsp3) is 0.538. The number of alkyl carbamates (subject to hydrolysis) is 1. The van der Waals surface area contributed by atoms with Gasteiger partial charge in [0.05, 0.1) is 16.3 Å². The van der Waals surface area contributed by atoms with Crippen LogP contribution in [-0.4, -0.2) is 72.3 Å². The first-order valence-corrected chi connectivity index (χ1v) is 14.8. The molecule has 0 radical (unpaired) electrons. The molecule has 1 aromatic carbocycles. The van der Waals surface area contributed by atoms with E-state index in [9.17, 15) is 22.4 Å². The highest BCUT2D eigenvalue weighted by molar-refractivity contribution is 7.90. The molecule has 212 valence electrons. The third kappa shape index (κ3) is 7.63. The number of piperidine rings is 1. The maximum absolute atomic E-state index is 14.6. The highest BCUT2D eigenvalue weighted by Gasteiger charge is 2.30. The molecule has 1 saturated heterocycles. The monoisotopic (exact) mass is 562 g/mol. The maximum Gasteiger partial charge on any atom is 0.407 e. The molecule has 2 amide bonds. The number of rotatable bonds is 6. The van der Waals surface area contributed by atoms with Crippen LogP contribution >= 0.6 is 0 Å². The van der Waals surface area contributed by atoms with Crippen LogP contribution in [0.1, 0.15) is 51.3 Å². The number of likely N-dealkylation sites (tertiary alicyclic amines) is 1. The number of fused-ring (bicyclic) bond motifs is 1. The second-order valence-electron chi connectivity index (χ2n) is 11.0. The summed E-state index contributed by atoms with van der Waals surface area (Å²) in [7, 11) is -3.53. The number of sulfone groups is 1. The summed E-state index contributed by atoms with van der Waals surface area (Å²) < 4.78 is 43.3. The third-order valence-corrected chi connectivity index (χ3v) is 7.69. The molecule has 11 nitrogen and oxygen atoms in total. The average molecular weight is 563 g/mol. The Kier molecular flexibility index (Phi) is 8.40. The molecular weight excluding hydrogens is 527 g/mol. The minimum atomic E-state index is -3.53. The van der Waals surface area contributed by atoms with Gasteiger partial charge in [0, 0.05) is 56.4 Å². The molecule has 39 heavy (non-hydrogen) atoms. The van der Waals surface area contributed by atoms with Crippen LogP contribution in [0.3, 0.4) is 0 Å². The number of anilines is 2. The van der Waals surface area contributed by atoms with Gasteiger partial charge in [-0.2, -0.15) is 0 Å². The van der Waals surface area contributed by atoms with Gasteiger partial charge in [-0.05, 0) is 51.8 Å². The molecule has 2 aliphatic heterocycles. The van der Waals surface area contributed by atoms with Crippen LogP contribution in [0.15, 0.2) is 29.4 Å². The van der Waals surface area contributed by atoms with Gasteiger partial charge in [-0.25, -0.2) is 27.6 Å². The van der Waals surface area contributed by atoms with Crippen LogP contribution in [0.4, 0.5) is 20.7 Å². The number of aromatic nitrogens is 2. The lowest BCUT2D eigenvalue weighted by Crippen LogP contribution is -2.51. The minimum Gasteiger partial charge on any atom is -0.444 e. The van der Waals surface area contributed by atoms with E-state index in [4.69, 9.17) is 4.74 Å². The standard InChI is InChI=1S/C26H35FN6O5S/c1-26(2,3)38-25(35)31-16-6-5-9-33(14-16)23(34)11-17-10-22-19(13-28-17)24(30-15-29-22)32-21-8-7-18(12-20(21)27)39(4,36)37/h7-8,12,15-17,28H,5-6,9-11,13-14H2,1-4H3,(H,31,35)(H,29,30,32)/t16-,17?/m1/s1. The van der Waals surface area contributed by atoms with Gasteiger partial charge in [0.2, 0.25) is 5.91 Å². The molecule has 0 saturated carbocycles. The largest absolute Gasteiger partial charge is 0.444 e. The summed E-state index contributed by atoms with van der Waals surface area (Å²) in [6, 6.07) is 3.37. The molecular formula is C26H35FN6O5S. The highest BCUT2D eigenvalue weighted by Crippen LogP contribution is 2.27. The first kappa shape index (κ1) is 28.7. The van der Waals surface area contributed by atoms with Crippen LogP contribution in [0.5, 0.6) is 0 Å².